The lowest BCUT2D eigenvalue weighted by atomic mass is 9.51. The van der Waals surface area contributed by atoms with E-state index in [1.54, 1.807) is 16.7 Å². The molecule has 0 aliphatic heterocycles. The van der Waals surface area contributed by atoms with Crippen LogP contribution in [0.4, 0.5) is 0 Å². The minimum atomic E-state index is 0.477. The minimum absolute atomic E-state index is 0.477. The SMILES string of the molecule is Cc1cccnc1C=C1CC2(C1)Cc1ccccc12. The molecular weight excluding hydrogens is 230 g/mol. The van der Waals surface area contributed by atoms with Crippen LogP contribution >= 0.6 is 0 Å². The van der Waals surface area contributed by atoms with Crippen LogP contribution in [0.1, 0.15) is 35.2 Å². The summed E-state index contributed by atoms with van der Waals surface area (Å²) in [4.78, 5) is 4.46. The van der Waals surface area contributed by atoms with E-state index >= 15 is 0 Å². The average molecular weight is 247 g/mol. The first-order valence-corrected chi connectivity index (χ1v) is 6.96. The maximum absolute atomic E-state index is 4.46. The zero-order valence-corrected chi connectivity index (χ0v) is 11.2. The van der Waals surface area contributed by atoms with Gasteiger partial charge in [-0.15, -0.1) is 0 Å². The molecule has 2 aromatic rings. The quantitative estimate of drug-likeness (QED) is 0.740. The Hall–Kier alpha value is -1.89. The minimum Gasteiger partial charge on any atom is -0.257 e. The molecule has 4 rings (SSSR count). The summed E-state index contributed by atoms with van der Waals surface area (Å²) in [5, 5.41) is 0. The molecule has 2 aliphatic rings. The Kier molecular flexibility index (Phi) is 2.20. The summed E-state index contributed by atoms with van der Waals surface area (Å²) in [6.45, 7) is 2.13. The summed E-state index contributed by atoms with van der Waals surface area (Å²) in [6.07, 6.45) is 7.88. The van der Waals surface area contributed by atoms with E-state index in [-0.39, 0.29) is 0 Å². The van der Waals surface area contributed by atoms with E-state index in [1.807, 2.05) is 12.3 Å². The molecule has 0 bridgehead atoms. The highest BCUT2D eigenvalue weighted by atomic mass is 14.7. The summed E-state index contributed by atoms with van der Waals surface area (Å²) in [7, 11) is 0. The first-order valence-electron chi connectivity index (χ1n) is 6.96. The van der Waals surface area contributed by atoms with Crippen molar-refractivity contribution in [3.63, 3.8) is 0 Å². The molecule has 0 amide bonds. The third-order valence-corrected chi connectivity index (χ3v) is 4.64. The second-order valence-electron chi connectivity index (χ2n) is 5.98. The van der Waals surface area contributed by atoms with E-state index in [9.17, 15) is 0 Å². The molecule has 0 radical (unpaired) electrons. The highest BCUT2D eigenvalue weighted by molar-refractivity contribution is 5.60. The van der Waals surface area contributed by atoms with Crippen molar-refractivity contribution < 1.29 is 0 Å². The number of fused-ring (bicyclic) bond motifs is 2. The Balaban J connectivity index is 1.57. The van der Waals surface area contributed by atoms with Gasteiger partial charge in [-0.05, 0) is 55.0 Å². The number of benzene rings is 1. The number of rotatable bonds is 1. The summed E-state index contributed by atoms with van der Waals surface area (Å²) in [5.41, 5.74) is 7.58. The molecule has 1 fully saturated rings. The molecule has 19 heavy (non-hydrogen) atoms. The molecule has 94 valence electrons. The van der Waals surface area contributed by atoms with E-state index in [4.69, 9.17) is 0 Å². The van der Waals surface area contributed by atoms with Crippen molar-refractivity contribution in [2.75, 3.05) is 0 Å². The lowest BCUT2D eigenvalue weighted by Crippen LogP contribution is -2.46. The van der Waals surface area contributed by atoms with Gasteiger partial charge in [0.2, 0.25) is 0 Å². The average Bonchev–Trinajstić information content (AvgIpc) is 2.35. The van der Waals surface area contributed by atoms with Gasteiger partial charge < -0.3 is 0 Å². The van der Waals surface area contributed by atoms with Crippen LogP contribution in [0.25, 0.3) is 6.08 Å². The monoisotopic (exact) mass is 247 g/mol. The van der Waals surface area contributed by atoms with Crippen molar-refractivity contribution in [3.05, 3.63) is 70.6 Å². The lowest BCUT2D eigenvalue weighted by Gasteiger charge is -2.52. The van der Waals surface area contributed by atoms with Crippen LogP contribution in [0, 0.1) is 6.92 Å². The first-order chi connectivity index (χ1) is 9.27. The maximum atomic E-state index is 4.46. The van der Waals surface area contributed by atoms with Gasteiger partial charge in [0.25, 0.3) is 0 Å². The van der Waals surface area contributed by atoms with Crippen molar-refractivity contribution >= 4 is 6.08 Å². The van der Waals surface area contributed by atoms with Crippen molar-refractivity contribution in [1.82, 2.24) is 4.98 Å². The Morgan fingerprint density at radius 2 is 1.89 bits per heavy atom. The van der Waals surface area contributed by atoms with Gasteiger partial charge in [0, 0.05) is 11.6 Å². The first kappa shape index (κ1) is 11.0. The molecule has 0 N–H and O–H groups in total. The van der Waals surface area contributed by atoms with Crippen molar-refractivity contribution in [3.8, 4) is 0 Å². The largest absolute Gasteiger partial charge is 0.257 e. The van der Waals surface area contributed by atoms with Gasteiger partial charge in [0.05, 0.1) is 5.69 Å². The molecule has 1 spiro atoms. The van der Waals surface area contributed by atoms with Crippen molar-refractivity contribution in [2.24, 2.45) is 0 Å². The molecule has 1 nitrogen and oxygen atoms in total. The number of hydrogen-bond acceptors (Lipinski definition) is 1. The summed E-state index contributed by atoms with van der Waals surface area (Å²) >= 11 is 0. The number of nitrogens with zero attached hydrogens (tertiary/aromatic N) is 1. The molecule has 0 unspecified atom stereocenters. The zero-order chi connectivity index (χ0) is 12.9. The fourth-order valence-electron chi connectivity index (χ4n) is 3.62. The van der Waals surface area contributed by atoms with Crippen LogP contribution in [0.2, 0.25) is 0 Å². The summed E-state index contributed by atoms with van der Waals surface area (Å²) in [5.74, 6) is 0. The molecule has 2 aliphatic carbocycles. The van der Waals surface area contributed by atoms with Gasteiger partial charge in [0.1, 0.15) is 0 Å². The van der Waals surface area contributed by atoms with E-state index < -0.39 is 0 Å². The molecule has 1 aromatic heterocycles. The molecule has 0 atom stereocenters. The molecule has 1 heteroatoms. The third-order valence-electron chi connectivity index (χ3n) is 4.64. The molecule has 1 saturated carbocycles. The predicted molar refractivity (Wildman–Crippen MR) is 78.0 cm³/mol. The lowest BCUT2D eigenvalue weighted by molar-refractivity contribution is 0.286. The van der Waals surface area contributed by atoms with Crippen LogP contribution in [0.3, 0.4) is 0 Å². The van der Waals surface area contributed by atoms with E-state index in [2.05, 4.69) is 48.3 Å². The fourth-order valence-corrected chi connectivity index (χ4v) is 3.62. The van der Waals surface area contributed by atoms with Gasteiger partial charge in [0.15, 0.2) is 0 Å². The maximum Gasteiger partial charge on any atom is 0.0658 e. The van der Waals surface area contributed by atoms with Gasteiger partial charge in [-0.3, -0.25) is 4.98 Å². The second kappa shape index (κ2) is 3.80. The van der Waals surface area contributed by atoms with Crippen molar-refractivity contribution in [1.29, 1.82) is 0 Å². The Morgan fingerprint density at radius 1 is 1.05 bits per heavy atom. The smallest absolute Gasteiger partial charge is 0.0658 e. The van der Waals surface area contributed by atoms with Crippen LogP contribution in [0.15, 0.2) is 48.2 Å². The highest BCUT2D eigenvalue weighted by Crippen LogP contribution is 2.57. The molecule has 0 saturated heterocycles. The number of pyridine rings is 1. The fraction of sp³-hybridized carbons (Fsp3) is 0.278. The number of aryl methyl sites for hydroxylation is 1. The summed E-state index contributed by atoms with van der Waals surface area (Å²) in [6, 6.07) is 13.0. The van der Waals surface area contributed by atoms with Crippen LogP contribution < -0.4 is 0 Å². The van der Waals surface area contributed by atoms with Crippen molar-refractivity contribution in [2.45, 2.75) is 31.6 Å². The summed E-state index contributed by atoms with van der Waals surface area (Å²) < 4.78 is 0. The van der Waals surface area contributed by atoms with Gasteiger partial charge >= 0.3 is 0 Å². The van der Waals surface area contributed by atoms with E-state index in [0.717, 1.165) is 5.69 Å². The second-order valence-corrected chi connectivity index (χ2v) is 5.98. The van der Waals surface area contributed by atoms with E-state index in [0.29, 0.717) is 5.41 Å². The molecule has 1 aromatic carbocycles. The zero-order valence-electron chi connectivity index (χ0n) is 11.2. The highest BCUT2D eigenvalue weighted by Gasteiger charge is 2.49. The Bertz CT molecular complexity index is 674. The van der Waals surface area contributed by atoms with Gasteiger partial charge in [-0.1, -0.05) is 35.9 Å². The molecular formula is C18H17N. The van der Waals surface area contributed by atoms with E-state index in [1.165, 1.54) is 24.8 Å². The normalized spacial score (nSPS) is 23.5. The molecule has 1 heterocycles. The third kappa shape index (κ3) is 1.58. The van der Waals surface area contributed by atoms with Crippen LogP contribution in [-0.4, -0.2) is 4.98 Å². The van der Waals surface area contributed by atoms with Gasteiger partial charge in [-0.2, -0.15) is 0 Å². The van der Waals surface area contributed by atoms with Crippen LogP contribution in [0.5, 0.6) is 0 Å². The predicted octanol–water partition coefficient (Wildman–Crippen LogP) is 4.06. The van der Waals surface area contributed by atoms with Crippen LogP contribution in [-0.2, 0) is 11.8 Å². The Morgan fingerprint density at radius 3 is 2.68 bits per heavy atom. The Labute approximate surface area is 114 Å². The van der Waals surface area contributed by atoms with Gasteiger partial charge in [-0.25, -0.2) is 0 Å². The number of aromatic nitrogens is 1. The number of hydrogen-bond donors (Lipinski definition) is 0. The standard InChI is InChI=1S/C18H17N/c1-13-5-4-8-19-17(13)9-14-10-18(11-14)12-15-6-2-3-7-16(15)18/h2-9H,10-12H2,1H3. The topological polar surface area (TPSA) is 12.9 Å². The number of allylic oxidation sites excluding steroid dienone is 1.